The molecule has 1 amide bonds. The highest BCUT2D eigenvalue weighted by Gasteiger charge is 2.46. The van der Waals surface area contributed by atoms with Gasteiger partial charge in [0.25, 0.3) is 5.91 Å². The van der Waals surface area contributed by atoms with Gasteiger partial charge >= 0.3 is 5.97 Å². The van der Waals surface area contributed by atoms with Crippen molar-refractivity contribution in [3.05, 3.63) is 48.0 Å². The van der Waals surface area contributed by atoms with E-state index in [1.807, 2.05) is 0 Å². The number of hydrogen-bond acceptors (Lipinski definition) is 3. The van der Waals surface area contributed by atoms with Crippen molar-refractivity contribution in [3.63, 3.8) is 0 Å². The van der Waals surface area contributed by atoms with Crippen molar-refractivity contribution in [2.24, 2.45) is 0 Å². The number of likely N-dealkylation sites (tertiary alicyclic amines) is 1. The minimum atomic E-state index is -1.20. The lowest BCUT2D eigenvalue weighted by molar-refractivity contribution is -0.147. The maximum Gasteiger partial charge on any atom is 0.329 e. The van der Waals surface area contributed by atoms with Crippen LogP contribution in [0.3, 0.4) is 0 Å². The lowest BCUT2D eigenvalue weighted by Crippen LogP contribution is -2.50. The SMILES string of the molecule is CC1(C(=O)O)CCCN1C(=O)c1ccn(-c2ccc(F)cc2)n1. The second kappa shape index (κ2) is 5.49. The van der Waals surface area contributed by atoms with E-state index < -0.39 is 17.4 Å². The minimum absolute atomic E-state index is 0.170. The smallest absolute Gasteiger partial charge is 0.329 e. The van der Waals surface area contributed by atoms with Gasteiger partial charge in [-0.05, 0) is 50.1 Å². The van der Waals surface area contributed by atoms with Crippen LogP contribution in [0.25, 0.3) is 5.69 Å². The van der Waals surface area contributed by atoms with Crippen molar-refractivity contribution < 1.29 is 19.1 Å². The predicted molar refractivity (Wildman–Crippen MR) is 79.8 cm³/mol. The van der Waals surface area contributed by atoms with Crippen molar-refractivity contribution in [1.29, 1.82) is 0 Å². The quantitative estimate of drug-likeness (QED) is 0.940. The predicted octanol–water partition coefficient (Wildman–Crippen LogP) is 2.09. The van der Waals surface area contributed by atoms with Gasteiger partial charge in [-0.3, -0.25) is 4.79 Å². The first-order valence-electron chi connectivity index (χ1n) is 7.29. The molecule has 0 bridgehead atoms. The molecule has 1 aliphatic heterocycles. The summed E-state index contributed by atoms with van der Waals surface area (Å²) in [5.74, 6) is -1.78. The lowest BCUT2D eigenvalue weighted by atomic mass is 9.99. The first-order chi connectivity index (χ1) is 10.9. The number of hydrogen-bond donors (Lipinski definition) is 1. The fourth-order valence-corrected chi connectivity index (χ4v) is 2.83. The average molecular weight is 317 g/mol. The lowest BCUT2D eigenvalue weighted by Gasteiger charge is -2.30. The van der Waals surface area contributed by atoms with Crippen LogP contribution < -0.4 is 0 Å². The molecule has 1 fully saturated rings. The van der Waals surface area contributed by atoms with Gasteiger partial charge in [0.15, 0.2) is 5.69 Å². The van der Waals surface area contributed by atoms with Crippen LogP contribution in [0.2, 0.25) is 0 Å². The summed E-state index contributed by atoms with van der Waals surface area (Å²) in [6, 6.07) is 7.24. The Morgan fingerprint density at radius 1 is 1.26 bits per heavy atom. The zero-order valence-corrected chi connectivity index (χ0v) is 12.6. The molecule has 0 spiro atoms. The number of benzene rings is 1. The molecule has 1 aromatic heterocycles. The van der Waals surface area contributed by atoms with Crippen molar-refractivity contribution in [3.8, 4) is 5.69 Å². The first-order valence-corrected chi connectivity index (χ1v) is 7.29. The Morgan fingerprint density at radius 3 is 2.61 bits per heavy atom. The Balaban J connectivity index is 1.87. The number of carboxylic acid groups (broad SMARTS) is 1. The number of aliphatic carboxylic acids is 1. The van der Waals surface area contributed by atoms with Crippen molar-refractivity contribution in [2.75, 3.05) is 6.54 Å². The average Bonchev–Trinajstić information content (AvgIpc) is 3.15. The number of aromatic nitrogens is 2. The summed E-state index contributed by atoms with van der Waals surface area (Å²) in [4.78, 5) is 25.4. The summed E-state index contributed by atoms with van der Waals surface area (Å²) in [7, 11) is 0. The summed E-state index contributed by atoms with van der Waals surface area (Å²) in [5.41, 5.74) is -0.409. The molecule has 1 saturated heterocycles. The maximum absolute atomic E-state index is 13.0. The molecule has 1 aromatic carbocycles. The van der Waals surface area contributed by atoms with E-state index in [1.165, 1.54) is 27.8 Å². The molecule has 23 heavy (non-hydrogen) atoms. The molecular formula is C16H16FN3O3. The summed E-state index contributed by atoms with van der Waals surface area (Å²) in [6.45, 7) is 1.95. The highest BCUT2D eigenvalue weighted by Crippen LogP contribution is 2.30. The van der Waals surface area contributed by atoms with E-state index in [9.17, 15) is 19.1 Å². The maximum atomic E-state index is 13.0. The highest BCUT2D eigenvalue weighted by molar-refractivity contribution is 5.96. The monoisotopic (exact) mass is 317 g/mol. The fraction of sp³-hybridized carbons (Fsp3) is 0.312. The zero-order chi connectivity index (χ0) is 16.6. The van der Waals surface area contributed by atoms with Gasteiger partial charge in [-0.15, -0.1) is 0 Å². The number of rotatable bonds is 3. The third kappa shape index (κ3) is 2.58. The number of nitrogens with zero attached hydrogens (tertiary/aromatic N) is 3. The molecule has 0 saturated carbocycles. The second-order valence-corrected chi connectivity index (χ2v) is 5.76. The molecule has 7 heteroatoms. The first kappa shape index (κ1) is 15.2. The zero-order valence-electron chi connectivity index (χ0n) is 12.6. The molecule has 120 valence electrons. The third-order valence-electron chi connectivity index (χ3n) is 4.25. The van der Waals surface area contributed by atoms with Crippen LogP contribution in [-0.2, 0) is 4.79 Å². The molecule has 0 aliphatic carbocycles. The van der Waals surface area contributed by atoms with Crippen LogP contribution in [-0.4, -0.2) is 43.7 Å². The van der Waals surface area contributed by atoms with E-state index >= 15 is 0 Å². The Kier molecular flexibility index (Phi) is 3.63. The van der Waals surface area contributed by atoms with Gasteiger partial charge in [0.05, 0.1) is 5.69 Å². The summed E-state index contributed by atoms with van der Waals surface area (Å²) < 4.78 is 14.4. The van der Waals surface area contributed by atoms with E-state index in [0.29, 0.717) is 25.1 Å². The van der Waals surface area contributed by atoms with Gasteiger partial charge in [0.1, 0.15) is 11.4 Å². The van der Waals surface area contributed by atoms with E-state index in [1.54, 1.807) is 25.3 Å². The van der Waals surface area contributed by atoms with Crippen molar-refractivity contribution in [1.82, 2.24) is 14.7 Å². The van der Waals surface area contributed by atoms with Gasteiger partial charge in [-0.2, -0.15) is 5.10 Å². The third-order valence-corrected chi connectivity index (χ3v) is 4.25. The van der Waals surface area contributed by atoms with Gasteiger partial charge < -0.3 is 10.0 Å². The van der Waals surface area contributed by atoms with Crippen LogP contribution in [0.4, 0.5) is 4.39 Å². The van der Waals surface area contributed by atoms with Gasteiger partial charge in [0, 0.05) is 12.7 Å². The highest BCUT2D eigenvalue weighted by atomic mass is 19.1. The Morgan fingerprint density at radius 2 is 1.96 bits per heavy atom. The van der Waals surface area contributed by atoms with E-state index in [4.69, 9.17) is 0 Å². The number of carbonyl (C=O) groups is 2. The molecule has 2 heterocycles. The van der Waals surface area contributed by atoms with Crippen molar-refractivity contribution >= 4 is 11.9 Å². The number of carbonyl (C=O) groups excluding carboxylic acids is 1. The largest absolute Gasteiger partial charge is 0.480 e. The molecule has 0 radical (unpaired) electrons. The Hall–Kier alpha value is -2.70. The van der Waals surface area contributed by atoms with Gasteiger partial charge in [-0.1, -0.05) is 0 Å². The van der Waals surface area contributed by atoms with Crippen LogP contribution in [0.15, 0.2) is 36.5 Å². The van der Waals surface area contributed by atoms with E-state index in [0.717, 1.165) is 0 Å². The van der Waals surface area contributed by atoms with Crippen molar-refractivity contribution in [2.45, 2.75) is 25.3 Å². The summed E-state index contributed by atoms with van der Waals surface area (Å²) in [6.07, 6.45) is 2.66. The summed E-state index contributed by atoms with van der Waals surface area (Å²) >= 11 is 0. The van der Waals surface area contributed by atoms with Crippen LogP contribution in [0.5, 0.6) is 0 Å². The minimum Gasteiger partial charge on any atom is -0.480 e. The van der Waals surface area contributed by atoms with Crippen LogP contribution in [0, 0.1) is 5.82 Å². The van der Waals surface area contributed by atoms with Gasteiger partial charge in [0.2, 0.25) is 0 Å². The van der Waals surface area contributed by atoms with Gasteiger partial charge in [-0.25, -0.2) is 13.9 Å². The molecule has 3 rings (SSSR count). The normalized spacial score (nSPS) is 20.7. The van der Waals surface area contributed by atoms with Crippen LogP contribution >= 0.6 is 0 Å². The molecule has 1 aliphatic rings. The van der Waals surface area contributed by atoms with Crippen LogP contribution in [0.1, 0.15) is 30.3 Å². The molecule has 1 atom stereocenters. The summed E-state index contributed by atoms with van der Waals surface area (Å²) in [5, 5.41) is 13.6. The standard InChI is InChI=1S/C16H16FN3O3/c1-16(15(22)23)8-2-9-19(16)14(21)13-7-10-20(18-13)12-5-3-11(17)4-6-12/h3-7,10H,2,8-9H2,1H3,(H,22,23). The number of amides is 1. The number of carboxylic acids is 1. The Bertz CT molecular complexity index is 756. The molecular weight excluding hydrogens is 301 g/mol. The molecule has 1 unspecified atom stereocenters. The fourth-order valence-electron chi connectivity index (χ4n) is 2.83. The van der Waals surface area contributed by atoms with E-state index in [-0.39, 0.29) is 11.5 Å². The topological polar surface area (TPSA) is 75.4 Å². The van der Waals surface area contributed by atoms with E-state index in [2.05, 4.69) is 5.10 Å². The Labute approximate surface area is 132 Å². The molecule has 2 aromatic rings. The molecule has 1 N–H and O–H groups in total. The number of halogens is 1. The second-order valence-electron chi connectivity index (χ2n) is 5.76. The molecule has 6 nitrogen and oxygen atoms in total.